The third-order valence-corrected chi connectivity index (χ3v) is 6.22. The molecule has 2 aromatic heterocycles. The number of aryl methyl sites for hydroxylation is 3. The second-order valence-corrected chi connectivity index (χ2v) is 9.12. The van der Waals surface area contributed by atoms with E-state index in [2.05, 4.69) is 119 Å². The predicted octanol–water partition coefficient (Wildman–Crippen LogP) is 6.99. The number of nitrogens with zero attached hydrogens (tertiary/aromatic N) is 2. The highest BCUT2D eigenvalue weighted by Crippen LogP contribution is 2.40. The van der Waals surface area contributed by atoms with Crippen molar-refractivity contribution >= 4 is 10.9 Å². The van der Waals surface area contributed by atoms with Crippen LogP contribution in [-0.2, 0) is 7.05 Å². The first-order valence-corrected chi connectivity index (χ1v) is 11.0. The lowest BCUT2D eigenvalue weighted by molar-refractivity contribution is -0.660. The molecule has 4 aromatic rings. The van der Waals surface area contributed by atoms with Crippen LogP contribution in [0.15, 0.2) is 60.8 Å². The van der Waals surface area contributed by atoms with Crippen LogP contribution in [0.4, 0.5) is 0 Å². The predicted molar refractivity (Wildman–Crippen MR) is 128 cm³/mol. The molecule has 0 fully saturated rings. The average Bonchev–Trinajstić information content (AvgIpc) is 3.00. The van der Waals surface area contributed by atoms with Crippen LogP contribution in [0.1, 0.15) is 61.8 Å². The lowest BCUT2D eigenvalue weighted by Gasteiger charge is -2.23. The number of hydrogen-bond donors (Lipinski definition) is 0. The summed E-state index contributed by atoms with van der Waals surface area (Å²) in [5.74, 6) is 0.888. The van der Waals surface area contributed by atoms with Crippen LogP contribution in [0, 0.1) is 13.8 Å². The highest BCUT2D eigenvalue weighted by atomic mass is 15.0. The quantitative estimate of drug-likeness (QED) is 0.328. The molecule has 30 heavy (non-hydrogen) atoms. The van der Waals surface area contributed by atoms with E-state index in [1.807, 2.05) is 0 Å². The Kier molecular flexibility index (Phi) is 5.27. The molecule has 0 bridgehead atoms. The highest BCUT2D eigenvalue weighted by Gasteiger charge is 2.26. The fourth-order valence-electron chi connectivity index (χ4n) is 4.70. The van der Waals surface area contributed by atoms with E-state index in [9.17, 15) is 0 Å². The topological polar surface area (TPSA) is 8.81 Å². The summed E-state index contributed by atoms with van der Waals surface area (Å²) in [6.45, 7) is 13.6. The third kappa shape index (κ3) is 3.25. The Labute approximate surface area is 180 Å². The molecule has 0 amide bonds. The van der Waals surface area contributed by atoms with E-state index in [0.717, 1.165) is 0 Å². The number of hydrogen-bond acceptors (Lipinski definition) is 0. The largest absolute Gasteiger partial charge is 0.303 e. The van der Waals surface area contributed by atoms with Gasteiger partial charge in [0.15, 0.2) is 6.20 Å². The number of benzene rings is 2. The fraction of sp³-hybridized carbons (Fsp3) is 0.321. The number of aromatic nitrogens is 2. The van der Waals surface area contributed by atoms with Gasteiger partial charge in [-0.05, 0) is 54.5 Å². The molecule has 2 heteroatoms. The van der Waals surface area contributed by atoms with E-state index in [1.165, 1.54) is 50.2 Å². The number of pyridine rings is 1. The second kappa shape index (κ2) is 7.75. The molecule has 4 rings (SSSR count). The van der Waals surface area contributed by atoms with Crippen LogP contribution in [-0.4, -0.2) is 4.57 Å². The minimum atomic E-state index is 0.444. The van der Waals surface area contributed by atoms with Crippen LogP contribution < -0.4 is 4.57 Å². The van der Waals surface area contributed by atoms with Crippen LogP contribution in [0.3, 0.4) is 0 Å². The molecule has 0 aliphatic heterocycles. The van der Waals surface area contributed by atoms with Gasteiger partial charge in [-0.3, -0.25) is 0 Å². The summed E-state index contributed by atoms with van der Waals surface area (Å²) < 4.78 is 4.79. The van der Waals surface area contributed by atoms with E-state index < -0.39 is 0 Å². The van der Waals surface area contributed by atoms with Crippen LogP contribution in [0.2, 0.25) is 0 Å². The summed E-state index contributed by atoms with van der Waals surface area (Å²) in [7, 11) is 2.15. The number of para-hydroxylation sites is 2. The maximum absolute atomic E-state index is 2.53. The molecular formula is C28H33N2+. The Balaban J connectivity index is 2.21. The van der Waals surface area contributed by atoms with Gasteiger partial charge in [-0.15, -0.1) is 0 Å². The molecule has 0 atom stereocenters. The molecule has 0 saturated heterocycles. The monoisotopic (exact) mass is 397 g/mol. The van der Waals surface area contributed by atoms with Crippen molar-refractivity contribution in [2.75, 3.05) is 0 Å². The lowest BCUT2D eigenvalue weighted by Crippen LogP contribution is -2.31. The van der Waals surface area contributed by atoms with Gasteiger partial charge in [0.2, 0.25) is 5.69 Å². The molecule has 0 aliphatic carbocycles. The first-order valence-electron chi connectivity index (χ1n) is 11.0. The van der Waals surface area contributed by atoms with Gasteiger partial charge < -0.3 is 4.57 Å². The Morgan fingerprint density at radius 2 is 1.40 bits per heavy atom. The van der Waals surface area contributed by atoms with Crippen LogP contribution in [0.5, 0.6) is 0 Å². The standard InChI is InChI=1S/C28H33N2/c1-18(2)22-12-10-13-23(19(3)4)28(22)30-25-14-9-8-11-24(25)21(6)27(30)26-16-15-20(5)17-29(26)7/h8-19H,1-7H3/q+1. The van der Waals surface area contributed by atoms with Crippen molar-refractivity contribution in [3.8, 4) is 17.1 Å². The minimum Gasteiger partial charge on any atom is -0.303 e. The van der Waals surface area contributed by atoms with Gasteiger partial charge in [0.25, 0.3) is 0 Å². The maximum Gasteiger partial charge on any atom is 0.229 e. The van der Waals surface area contributed by atoms with Gasteiger partial charge >= 0.3 is 0 Å². The van der Waals surface area contributed by atoms with Crippen molar-refractivity contribution < 1.29 is 4.57 Å². The molecule has 154 valence electrons. The first kappa shape index (κ1) is 20.4. The van der Waals surface area contributed by atoms with Crippen molar-refractivity contribution in [1.82, 2.24) is 4.57 Å². The van der Waals surface area contributed by atoms with Gasteiger partial charge in [0, 0.05) is 17.0 Å². The van der Waals surface area contributed by atoms with Crippen LogP contribution >= 0.6 is 0 Å². The Bertz CT molecular complexity index is 1200. The zero-order valence-electron chi connectivity index (χ0n) is 19.3. The summed E-state index contributed by atoms with van der Waals surface area (Å²) in [5, 5.41) is 1.32. The van der Waals surface area contributed by atoms with E-state index in [0.29, 0.717) is 11.8 Å². The van der Waals surface area contributed by atoms with Gasteiger partial charge in [-0.2, -0.15) is 4.57 Å². The summed E-state index contributed by atoms with van der Waals surface area (Å²) in [6.07, 6.45) is 2.22. The fourth-order valence-corrected chi connectivity index (χ4v) is 4.70. The smallest absolute Gasteiger partial charge is 0.229 e. The Morgan fingerprint density at radius 3 is 2.00 bits per heavy atom. The molecule has 0 radical (unpaired) electrons. The number of rotatable bonds is 4. The number of fused-ring (bicyclic) bond motifs is 1. The molecule has 0 spiro atoms. The highest BCUT2D eigenvalue weighted by molar-refractivity contribution is 5.93. The summed E-state index contributed by atoms with van der Waals surface area (Å²) >= 11 is 0. The normalized spacial score (nSPS) is 11.8. The summed E-state index contributed by atoms with van der Waals surface area (Å²) in [4.78, 5) is 0. The first-order chi connectivity index (χ1) is 14.3. The molecule has 2 nitrogen and oxygen atoms in total. The summed E-state index contributed by atoms with van der Waals surface area (Å²) in [6, 6.07) is 20.1. The lowest BCUT2D eigenvalue weighted by atomic mass is 9.92. The average molecular weight is 398 g/mol. The van der Waals surface area contributed by atoms with Crippen molar-refractivity contribution in [2.45, 2.75) is 53.4 Å². The molecule has 0 aliphatic rings. The van der Waals surface area contributed by atoms with Gasteiger partial charge in [0.05, 0.1) is 11.2 Å². The minimum absolute atomic E-state index is 0.444. The van der Waals surface area contributed by atoms with Crippen molar-refractivity contribution in [3.63, 3.8) is 0 Å². The van der Waals surface area contributed by atoms with Crippen molar-refractivity contribution in [1.29, 1.82) is 0 Å². The molecule has 0 N–H and O–H groups in total. The molecule has 2 aromatic carbocycles. The van der Waals surface area contributed by atoms with E-state index in [1.54, 1.807) is 0 Å². The summed E-state index contributed by atoms with van der Waals surface area (Å²) in [5.41, 5.74) is 10.6. The van der Waals surface area contributed by atoms with E-state index in [-0.39, 0.29) is 0 Å². The zero-order chi connectivity index (χ0) is 21.6. The van der Waals surface area contributed by atoms with E-state index in [4.69, 9.17) is 0 Å². The van der Waals surface area contributed by atoms with Crippen molar-refractivity contribution in [3.05, 3.63) is 83.0 Å². The van der Waals surface area contributed by atoms with Crippen molar-refractivity contribution in [2.24, 2.45) is 7.05 Å². The maximum atomic E-state index is 2.53. The van der Waals surface area contributed by atoms with Gasteiger partial charge in [-0.1, -0.05) is 64.1 Å². The second-order valence-electron chi connectivity index (χ2n) is 9.12. The third-order valence-electron chi connectivity index (χ3n) is 6.22. The van der Waals surface area contributed by atoms with Gasteiger partial charge in [-0.25, -0.2) is 0 Å². The van der Waals surface area contributed by atoms with Gasteiger partial charge in [0.1, 0.15) is 12.7 Å². The SMILES string of the molecule is Cc1ccc(-c2c(C)c3ccccc3n2-c2c(C(C)C)cccc2C(C)C)[n+](C)c1. The molecule has 0 saturated carbocycles. The Morgan fingerprint density at radius 1 is 0.767 bits per heavy atom. The Hall–Kier alpha value is -2.87. The molecular weight excluding hydrogens is 364 g/mol. The zero-order valence-corrected chi connectivity index (χ0v) is 19.3. The van der Waals surface area contributed by atoms with Crippen LogP contribution in [0.25, 0.3) is 28.0 Å². The molecule has 2 heterocycles. The molecule has 0 unspecified atom stereocenters. The van der Waals surface area contributed by atoms with E-state index >= 15 is 0 Å².